The van der Waals surface area contributed by atoms with E-state index in [1.807, 2.05) is 0 Å². The number of carbonyl (C=O) groups is 3. The fraction of sp³-hybridized carbons (Fsp3) is 0.941. The van der Waals surface area contributed by atoms with Crippen LogP contribution < -0.4 is 22.1 Å². The normalized spacial score (nSPS) is 19.8. The molecule has 0 aliphatic carbocycles. The van der Waals surface area contributed by atoms with Crippen molar-refractivity contribution in [3.05, 3.63) is 0 Å². The highest BCUT2D eigenvalue weighted by molar-refractivity contribution is 5.90. The van der Waals surface area contributed by atoms with Crippen LogP contribution in [0.25, 0.3) is 0 Å². The molecule has 0 bridgehead atoms. The van der Waals surface area contributed by atoms with Gasteiger partial charge in [-0.15, -0.1) is 0 Å². The van der Waals surface area contributed by atoms with Crippen molar-refractivity contribution in [3.63, 3.8) is 0 Å². The van der Waals surface area contributed by atoms with Gasteiger partial charge in [-0.1, -0.05) is 206 Å². The van der Waals surface area contributed by atoms with Gasteiger partial charge >= 0.3 is 0 Å². The van der Waals surface area contributed by atoms with Gasteiger partial charge in [0.25, 0.3) is 0 Å². The van der Waals surface area contributed by atoms with Crippen LogP contribution in [0.15, 0.2) is 0 Å². The summed E-state index contributed by atoms with van der Waals surface area (Å²) in [5.74, 6) is -3.17. The Morgan fingerprint density at radius 1 is 0.635 bits per heavy atom. The maximum atomic E-state index is 14.3. The Hall–Kier alpha value is -1.83. The first-order chi connectivity index (χ1) is 30.6. The summed E-state index contributed by atoms with van der Waals surface area (Å²) in [7, 11) is 0. The summed E-state index contributed by atoms with van der Waals surface area (Å²) >= 11 is 0. The van der Waals surface area contributed by atoms with Crippen molar-refractivity contribution in [2.75, 3.05) is 19.7 Å². The van der Waals surface area contributed by atoms with Gasteiger partial charge in [0.15, 0.2) is 0 Å². The molecule has 9 N–H and O–H groups in total. The van der Waals surface area contributed by atoms with Gasteiger partial charge in [-0.25, -0.2) is 0 Å². The Balaban J connectivity index is 2.85. The zero-order chi connectivity index (χ0) is 46.4. The van der Waals surface area contributed by atoms with Crippen LogP contribution in [0.2, 0.25) is 0 Å². The van der Waals surface area contributed by atoms with E-state index in [1.165, 1.54) is 160 Å². The Morgan fingerprint density at radius 3 is 1.46 bits per heavy atom. The minimum Gasteiger partial charge on any atom is -0.394 e. The lowest BCUT2D eigenvalue weighted by Gasteiger charge is -2.51. The molecule has 1 aliphatic heterocycles. The van der Waals surface area contributed by atoms with Crippen molar-refractivity contribution in [1.29, 1.82) is 0 Å². The van der Waals surface area contributed by atoms with E-state index in [9.17, 15) is 29.7 Å². The summed E-state index contributed by atoms with van der Waals surface area (Å²) in [6.07, 6.45) is 35.5. The monoisotopic (exact) mass is 896 g/mol. The standard InChI is InChI=1S/C51H101N5O7/c1-4-6-8-10-12-14-16-18-20-22-24-26-28-30-32-36-40-56(47(59)38-33-31-29-27-25-23-21-19-17-15-13-11-9-7-5-2)51(41-45(58)48(60)46(42-57)63-51)55-49(61)43(3)54-50(62)44(53)37-34-35-39-52/h43-46,48,57-58,60H,4-42,52-53H2,1-3H3,(H,54,62)(H,55,61)/t43-,44-,45+,46+,48-,51-/m0/s1. The van der Waals surface area contributed by atoms with E-state index < -0.39 is 54.7 Å². The fourth-order valence-electron chi connectivity index (χ4n) is 8.92. The third-order valence-corrected chi connectivity index (χ3v) is 13.1. The van der Waals surface area contributed by atoms with Crippen LogP contribution >= 0.6 is 0 Å². The number of aliphatic hydroxyl groups is 3. The molecule has 0 aromatic heterocycles. The lowest BCUT2D eigenvalue weighted by molar-refractivity contribution is -0.280. The molecular weight excluding hydrogens is 795 g/mol. The average molecular weight is 896 g/mol. The summed E-state index contributed by atoms with van der Waals surface area (Å²) in [6.45, 7) is 6.19. The average Bonchev–Trinajstić information content (AvgIpc) is 3.27. The van der Waals surface area contributed by atoms with Gasteiger partial charge in [-0.05, 0) is 39.2 Å². The molecule has 6 atom stereocenters. The third kappa shape index (κ3) is 28.1. The number of rotatable bonds is 43. The number of hydrogen-bond acceptors (Lipinski definition) is 9. The molecule has 0 aromatic rings. The number of carbonyl (C=O) groups excluding carboxylic acids is 3. The third-order valence-electron chi connectivity index (χ3n) is 13.1. The van der Waals surface area contributed by atoms with Crippen molar-refractivity contribution >= 4 is 17.7 Å². The number of aliphatic hydroxyl groups excluding tert-OH is 3. The molecule has 372 valence electrons. The van der Waals surface area contributed by atoms with Gasteiger partial charge in [0, 0.05) is 19.4 Å². The first-order valence-corrected chi connectivity index (χ1v) is 26.6. The highest BCUT2D eigenvalue weighted by Crippen LogP contribution is 2.33. The van der Waals surface area contributed by atoms with Crippen LogP contribution in [0.5, 0.6) is 0 Å². The van der Waals surface area contributed by atoms with E-state index in [4.69, 9.17) is 16.2 Å². The van der Waals surface area contributed by atoms with Crippen LogP contribution in [0.3, 0.4) is 0 Å². The number of hydrogen-bond donors (Lipinski definition) is 7. The second-order valence-electron chi connectivity index (χ2n) is 19.0. The summed E-state index contributed by atoms with van der Waals surface area (Å²) in [5, 5.41) is 37.7. The smallest absolute Gasteiger partial charge is 0.245 e. The summed E-state index contributed by atoms with van der Waals surface area (Å²) in [4.78, 5) is 42.6. The molecule has 1 rings (SSSR count). The fourth-order valence-corrected chi connectivity index (χ4v) is 8.92. The number of unbranched alkanes of at least 4 members (excludes halogenated alkanes) is 30. The molecule has 1 aliphatic rings. The van der Waals surface area contributed by atoms with Crippen molar-refractivity contribution in [3.8, 4) is 0 Å². The molecule has 3 amide bonds. The number of nitrogens with zero attached hydrogens (tertiary/aromatic N) is 1. The summed E-state index contributed by atoms with van der Waals surface area (Å²) in [5.41, 5.74) is 11.7. The van der Waals surface area contributed by atoms with Gasteiger partial charge < -0.3 is 42.2 Å². The van der Waals surface area contributed by atoms with Crippen molar-refractivity contribution in [2.24, 2.45) is 11.5 Å². The minimum atomic E-state index is -1.84. The van der Waals surface area contributed by atoms with E-state index in [0.29, 0.717) is 32.2 Å². The van der Waals surface area contributed by atoms with Crippen LogP contribution in [0, 0.1) is 0 Å². The second-order valence-corrected chi connectivity index (χ2v) is 19.0. The second kappa shape index (κ2) is 39.3. The number of nitrogens with one attached hydrogen (secondary N) is 2. The molecule has 12 heteroatoms. The molecule has 0 spiro atoms. The van der Waals surface area contributed by atoms with Crippen molar-refractivity contribution in [1.82, 2.24) is 15.5 Å². The van der Waals surface area contributed by atoms with Crippen LogP contribution in [-0.4, -0.2) is 93.9 Å². The molecule has 1 saturated heterocycles. The Labute approximate surface area is 386 Å². The first kappa shape index (κ1) is 59.2. The molecular formula is C51H101N5O7. The van der Waals surface area contributed by atoms with Crippen molar-refractivity contribution < 1.29 is 34.4 Å². The largest absolute Gasteiger partial charge is 0.394 e. The summed E-state index contributed by atoms with van der Waals surface area (Å²) in [6, 6.07) is -1.86. The molecule has 0 radical (unpaired) electrons. The number of amides is 3. The maximum absolute atomic E-state index is 14.3. The van der Waals surface area contributed by atoms with Gasteiger partial charge in [0.2, 0.25) is 23.6 Å². The highest BCUT2D eigenvalue weighted by Gasteiger charge is 2.52. The lowest BCUT2D eigenvalue weighted by atomic mass is 9.96. The molecule has 0 unspecified atom stereocenters. The molecule has 0 saturated carbocycles. The zero-order valence-corrected chi connectivity index (χ0v) is 41.0. The Morgan fingerprint density at radius 2 is 1.05 bits per heavy atom. The van der Waals surface area contributed by atoms with Crippen LogP contribution in [-0.2, 0) is 19.1 Å². The topological polar surface area (TPSA) is 200 Å². The molecule has 1 heterocycles. The zero-order valence-electron chi connectivity index (χ0n) is 41.0. The highest BCUT2D eigenvalue weighted by atomic mass is 16.6. The van der Waals surface area contributed by atoms with Gasteiger partial charge in [-0.3, -0.25) is 19.3 Å². The van der Waals surface area contributed by atoms with Gasteiger partial charge in [-0.2, -0.15) is 0 Å². The maximum Gasteiger partial charge on any atom is 0.245 e. The van der Waals surface area contributed by atoms with Crippen LogP contribution in [0.4, 0.5) is 0 Å². The minimum absolute atomic E-state index is 0.218. The van der Waals surface area contributed by atoms with Crippen LogP contribution in [0.1, 0.15) is 252 Å². The number of nitrogens with two attached hydrogens (primary N) is 2. The van der Waals surface area contributed by atoms with Gasteiger partial charge in [0.1, 0.15) is 18.2 Å². The van der Waals surface area contributed by atoms with E-state index in [1.54, 1.807) is 0 Å². The van der Waals surface area contributed by atoms with E-state index >= 15 is 0 Å². The molecule has 0 aromatic carbocycles. The molecule has 1 fully saturated rings. The predicted molar refractivity (Wildman–Crippen MR) is 259 cm³/mol. The lowest BCUT2D eigenvalue weighted by Crippen LogP contribution is -2.72. The Kier molecular flexibility index (Phi) is 37.0. The quantitative estimate of drug-likeness (QED) is 0.0230. The van der Waals surface area contributed by atoms with E-state index in [0.717, 1.165) is 44.9 Å². The predicted octanol–water partition coefficient (Wildman–Crippen LogP) is 9.57. The van der Waals surface area contributed by atoms with Crippen molar-refractivity contribution in [2.45, 2.75) is 288 Å². The van der Waals surface area contributed by atoms with Gasteiger partial charge in [0.05, 0.1) is 18.8 Å². The first-order valence-electron chi connectivity index (χ1n) is 26.6. The number of ether oxygens (including phenoxy) is 1. The SMILES string of the molecule is CCCCCCCCCCCCCCCCCCN(C(=O)CCCCCCCCCCCCCCCCC)[C@@]1(NC(=O)[C@H](C)NC(=O)[C@@H](N)CCCCN)C[C@@H](O)[C@H](O)[C@@H](CO)O1. The van der Waals surface area contributed by atoms with E-state index in [-0.39, 0.29) is 25.3 Å². The van der Waals surface area contributed by atoms with E-state index in [2.05, 4.69) is 24.5 Å². The Bertz CT molecular complexity index is 1120. The summed E-state index contributed by atoms with van der Waals surface area (Å²) < 4.78 is 6.30. The molecule has 63 heavy (non-hydrogen) atoms. The molecule has 12 nitrogen and oxygen atoms in total.